The molecule has 0 amide bonds. The predicted octanol–water partition coefficient (Wildman–Crippen LogP) is 2.78. The maximum absolute atomic E-state index is 12.8. The molecule has 1 atom stereocenters. The lowest BCUT2D eigenvalue weighted by Crippen LogP contribution is -2.61. The summed E-state index contributed by atoms with van der Waals surface area (Å²) in [5, 5.41) is 22.4. The highest BCUT2D eigenvalue weighted by Gasteiger charge is 2.44. The van der Waals surface area contributed by atoms with E-state index in [0.29, 0.717) is 13.1 Å². The molecule has 9 heteroatoms. The molecule has 0 spiro atoms. The van der Waals surface area contributed by atoms with E-state index in [1.165, 1.54) is 12.1 Å². The molecular weight excluding hydrogens is 337 g/mol. The summed E-state index contributed by atoms with van der Waals surface area (Å²) in [6.07, 6.45) is -4.41. The van der Waals surface area contributed by atoms with Gasteiger partial charge in [0.15, 0.2) is 0 Å². The minimum absolute atomic E-state index is 0.0372. The Bertz CT molecular complexity index is 806. The van der Waals surface area contributed by atoms with Gasteiger partial charge in [-0.3, -0.25) is 4.90 Å². The Kier molecular flexibility index (Phi) is 4.26. The van der Waals surface area contributed by atoms with Gasteiger partial charge in [0, 0.05) is 18.7 Å². The molecule has 1 saturated heterocycles. The van der Waals surface area contributed by atoms with Crippen molar-refractivity contribution in [3.63, 3.8) is 0 Å². The Morgan fingerprint density at radius 1 is 1.44 bits per heavy atom. The van der Waals surface area contributed by atoms with Gasteiger partial charge in [0.1, 0.15) is 5.60 Å². The Labute approximate surface area is 141 Å². The van der Waals surface area contributed by atoms with Gasteiger partial charge >= 0.3 is 6.18 Å². The molecule has 2 heterocycles. The lowest BCUT2D eigenvalue weighted by Gasteiger charge is -2.47. The van der Waals surface area contributed by atoms with Crippen molar-refractivity contribution in [3.8, 4) is 17.5 Å². The summed E-state index contributed by atoms with van der Waals surface area (Å²) in [4.78, 5) is 6.01. The average Bonchev–Trinajstić information content (AvgIpc) is 3.01. The first-order valence-corrected chi connectivity index (χ1v) is 7.56. The maximum Gasteiger partial charge on any atom is 0.416 e. The van der Waals surface area contributed by atoms with E-state index in [4.69, 9.17) is 9.78 Å². The van der Waals surface area contributed by atoms with E-state index in [-0.39, 0.29) is 29.7 Å². The number of nitriles is 1. The van der Waals surface area contributed by atoms with Gasteiger partial charge in [0.25, 0.3) is 0 Å². The molecule has 3 rings (SSSR count). The average molecular weight is 352 g/mol. The van der Waals surface area contributed by atoms with Crippen LogP contribution in [0.5, 0.6) is 0 Å². The molecule has 1 fully saturated rings. The lowest BCUT2D eigenvalue weighted by atomic mass is 9.89. The fourth-order valence-corrected chi connectivity index (χ4v) is 2.76. The third-order valence-electron chi connectivity index (χ3n) is 4.20. The molecule has 1 aliphatic rings. The summed E-state index contributed by atoms with van der Waals surface area (Å²) >= 11 is 0. The third kappa shape index (κ3) is 3.50. The standard InChI is InChI=1S/C16H15F3N4O2/c1-10(23-8-15(24,9-23)5-6-20)14-21-13(22-25-14)11-3-2-4-12(7-11)16(17,18)19/h2-4,7,10,24H,5,8-9H2,1H3/t10-/m0/s1. The molecule has 132 valence electrons. The highest BCUT2D eigenvalue weighted by molar-refractivity contribution is 5.55. The fraction of sp³-hybridized carbons (Fsp3) is 0.438. The van der Waals surface area contributed by atoms with Crippen molar-refractivity contribution in [2.24, 2.45) is 0 Å². The van der Waals surface area contributed by atoms with Crippen molar-refractivity contribution >= 4 is 0 Å². The molecule has 1 aliphatic heterocycles. The number of hydrogen-bond acceptors (Lipinski definition) is 6. The Morgan fingerprint density at radius 2 is 2.16 bits per heavy atom. The van der Waals surface area contributed by atoms with E-state index in [1.807, 2.05) is 11.0 Å². The molecule has 0 bridgehead atoms. The molecule has 0 radical (unpaired) electrons. The SMILES string of the molecule is C[C@@H](c1nc(-c2cccc(C(F)(F)F)c2)no1)N1CC(O)(CC#N)C1. The minimum atomic E-state index is -4.45. The third-order valence-corrected chi connectivity index (χ3v) is 4.20. The molecule has 0 aliphatic carbocycles. The van der Waals surface area contributed by atoms with Crippen LogP contribution in [0.15, 0.2) is 28.8 Å². The number of β-amino-alcohol motifs (C(OH)–C–C–N with tert-alkyl or cyclic N) is 1. The van der Waals surface area contributed by atoms with Crippen LogP contribution >= 0.6 is 0 Å². The summed E-state index contributed by atoms with van der Waals surface area (Å²) < 4.78 is 43.5. The number of aromatic nitrogens is 2. The maximum atomic E-state index is 12.8. The number of alkyl halides is 3. The van der Waals surface area contributed by atoms with Crippen molar-refractivity contribution in [2.45, 2.75) is 31.2 Å². The highest BCUT2D eigenvalue weighted by Crippen LogP contribution is 2.34. The monoisotopic (exact) mass is 352 g/mol. The quantitative estimate of drug-likeness (QED) is 0.911. The first kappa shape index (κ1) is 17.4. The van der Waals surface area contributed by atoms with Gasteiger partial charge in [-0.15, -0.1) is 0 Å². The zero-order valence-corrected chi connectivity index (χ0v) is 13.3. The van der Waals surface area contributed by atoms with Crippen molar-refractivity contribution in [3.05, 3.63) is 35.7 Å². The second-order valence-electron chi connectivity index (χ2n) is 6.17. The van der Waals surface area contributed by atoms with E-state index < -0.39 is 17.3 Å². The van der Waals surface area contributed by atoms with Gasteiger partial charge in [-0.2, -0.15) is 23.4 Å². The summed E-state index contributed by atoms with van der Waals surface area (Å²) in [7, 11) is 0. The number of likely N-dealkylation sites (tertiary alicyclic amines) is 1. The van der Waals surface area contributed by atoms with E-state index in [0.717, 1.165) is 12.1 Å². The van der Waals surface area contributed by atoms with E-state index in [2.05, 4.69) is 10.1 Å². The lowest BCUT2D eigenvalue weighted by molar-refractivity contribution is -0.137. The molecule has 2 aromatic rings. The fourth-order valence-electron chi connectivity index (χ4n) is 2.76. The van der Waals surface area contributed by atoms with E-state index in [1.54, 1.807) is 6.92 Å². The Balaban J connectivity index is 1.74. The molecule has 1 N–H and O–H groups in total. The summed E-state index contributed by atoms with van der Waals surface area (Å²) in [5.41, 5.74) is -1.61. The number of halogens is 3. The van der Waals surface area contributed by atoms with Gasteiger partial charge in [-0.05, 0) is 19.1 Å². The minimum Gasteiger partial charge on any atom is -0.386 e. The zero-order chi connectivity index (χ0) is 18.2. The molecule has 1 aromatic heterocycles. The van der Waals surface area contributed by atoms with Crippen LogP contribution < -0.4 is 0 Å². The normalized spacial score (nSPS) is 18.4. The molecule has 1 aromatic carbocycles. The zero-order valence-electron chi connectivity index (χ0n) is 13.3. The molecular formula is C16H15F3N4O2. The van der Waals surface area contributed by atoms with Crippen LogP contribution in [0.4, 0.5) is 13.2 Å². The van der Waals surface area contributed by atoms with Crippen LogP contribution in [0, 0.1) is 11.3 Å². The van der Waals surface area contributed by atoms with Crippen LogP contribution in [-0.2, 0) is 6.18 Å². The number of hydrogen-bond donors (Lipinski definition) is 1. The highest BCUT2D eigenvalue weighted by atomic mass is 19.4. The number of benzene rings is 1. The van der Waals surface area contributed by atoms with Gasteiger partial charge in [0.2, 0.25) is 11.7 Å². The second-order valence-corrected chi connectivity index (χ2v) is 6.17. The second kappa shape index (κ2) is 6.13. The molecule has 6 nitrogen and oxygen atoms in total. The van der Waals surface area contributed by atoms with Crippen LogP contribution in [0.25, 0.3) is 11.4 Å². The summed E-state index contributed by atoms with van der Waals surface area (Å²) in [6.45, 7) is 2.38. The van der Waals surface area contributed by atoms with E-state index in [9.17, 15) is 18.3 Å². The van der Waals surface area contributed by atoms with Crippen molar-refractivity contribution in [1.82, 2.24) is 15.0 Å². The van der Waals surface area contributed by atoms with Crippen molar-refractivity contribution in [2.75, 3.05) is 13.1 Å². The van der Waals surface area contributed by atoms with Gasteiger partial charge in [-0.1, -0.05) is 17.3 Å². The number of nitrogens with zero attached hydrogens (tertiary/aromatic N) is 4. The molecule has 25 heavy (non-hydrogen) atoms. The topological polar surface area (TPSA) is 86.2 Å². The van der Waals surface area contributed by atoms with Gasteiger partial charge in [-0.25, -0.2) is 0 Å². The number of aliphatic hydroxyl groups is 1. The van der Waals surface area contributed by atoms with Crippen LogP contribution in [0.2, 0.25) is 0 Å². The summed E-state index contributed by atoms with van der Waals surface area (Å²) in [5.74, 6) is 0.312. The van der Waals surface area contributed by atoms with Crippen LogP contribution in [0.1, 0.15) is 30.8 Å². The predicted molar refractivity (Wildman–Crippen MR) is 79.9 cm³/mol. The van der Waals surface area contributed by atoms with Gasteiger partial charge in [0.05, 0.1) is 24.1 Å². The largest absolute Gasteiger partial charge is 0.416 e. The Hall–Kier alpha value is -2.44. The first-order valence-electron chi connectivity index (χ1n) is 7.56. The first-order chi connectivity index (χ1) is 11.7. The Morgan fingerprint density at radius 3 is 2.80 bits per heavy atom. The van der Waals surface area contributed by atoms with E-state index >= 15 is 0 Å². The van der Waals surface area contributed by atoms with Crippen LogP contribution in [-0.4, -0.2) is 38.8 Å². The van der Waals surface area contributed by atoms with Crippen molar-refractivity contribution in [1.29, 1.82) is 5.26 Å². The summed E-state index contributed by atoms with van der Waals surface area (Å²) in [6, 6.07) is 6.32. The smallest absolute Gasteiger partial charge is 0.386 e. The van der Waals surface area contributed by atoms with Gasteiger partial charge < -0.3 is 9.63 Å². The van der Waals surface area contributed by atoms with Crippen molar-refractivity contribution < 1.29 is 22.8 Å². The number of rotatable bonds is 4. The molecule has 0 unspecified atom stereocenters. The van der Waals surface area contributed by atoms with Crippen LogP contribution in [0.3, 0.4) is 0 Å². The molecule has 0 saturated carbocycles.